The minimum atomic E-state index is -1.96. The molecule has 0 aliphatic carbocycles. The van der Waals surface area contributed by atoms with E-state index in [1.165, 1.54) is 0 Å². The summed E-state index contributed by atoms with van der Waals surface area (Å²) in [7, 11) is -1.96. The van der Waals surface area contributed by atoms with Crippen LogP contribution in [0.4, 0.5) is 0 Å². The largest absolute Gasteiger partial charge is 0.479 e. The van der Waals surface area contributed by atoms with E-state index in [0.29, 0.717) is 6.42 Å². The molecule has 1 atom stereocenters. The molecule has 0 radical (unpaired) electrons. The lowest BCUT2D eigenvalue weighted by Crippen LogP contribution is -2.46. The maximum Gasteiger partial charge on any atom is 0.331 e. The number of carboxylic acid groups (broad SMARTS) is 1. The summed E-state index contributed by atoms with van der Waals surface area (Å²) in [4.78, 5) is 11.1. The monoisotopic (exact) mass is 246 g/mol. The molecule has 0 spiro atoms. The number of carbonyl (C=O) groups is 1. The summed E-state index contributed by atoms with van der Waals surface area (Å²) in [6.07, 6.45) is 1.91. The first kappa shape index (κ1) is 15.6. The molecule has 96 valence electrons. The average Bonchev–Trinajstić information content (AvgIpc) is 2.09. The van der Waals surface area contributed by atoms with Crippen LogP contribution in [0.2, 0.25) is 18.1 Å². The Hall–Kier alpha value is -0.353. The van der Waals surface area contributed by atoms with Gasteiger partial charge in [-0.15, -0.1) is 0 Å². The third kappa shape index (κ3) is 4.66. The van der Waals surface area contributed by atoms with Gasteiger partial charge in [0.1, 0.15) is 6.10 Å². The van der Waals surface area contributed by atoms with Gasteiger partial charge in [0.2, 0.25) is 0 Å². The van der Waals surface area contributed by atoms with E-state index in [-0.39, 0.29) is 5.04 Å². The highest BCUT2D eigenvalue weighted by Crippen LogP contribution is 2.37. The van der Waals surface area contributed by atoms with E-state index < -0.39 is 20.4 Å². The molecule has 0 amide bonds. The summed E-state index contributed by atoms with van der Waals surface area (Å²) in [5.41, 5.74) is 0. The van der Waals surface area contributed by atoms with Crippen molar-refractivity contribution in [3.8, 4) is 0 Å². The lowest BCUT2D eigenvalue weighted by atomic mass is 10.2. The van der Waals surface area contributed by atoms with Crippen molar-refractivity contribution < 1.29 is 14.3 Å². The van der Waals surface area contributed by atoms with Crippen LogP contribution in [0.1, 0.15) is 47.0 Å². The summed E-state index contributed by atoms with van der Waals surface area (Å²) in [6.45, 7) is 12.6. The second-order valence-corrected chi connectivity index (χ2v) is 10.6. The standard InChI is InChI=1S/C12H26O3Si/c1-7-8-9-10(11(13)14)15-16(5,6)12(2,3)4/h10H,7-9H2,1-6H3,(H,13,14). The Morgan fingerprint density at radius 1 is 1.38 bits per heavy atom. The molecule has 0 aliphatic rings. The van der Waals surface area contributed by atoms with E-state index >= 15 is 0 Å². The maximum atomic E-state index is 11.1. The minimum absolute atomic E-state index is 0.0624. The van der Waals surface area contributed by atoms with Crippen LogP contribution >= 0.6 is 0 Å². The summed E-state index contributed by atoms with van der Waals surface area (Å²) in [6, 6.07) is 0. The van der Waals surface area contributed by atoms with Crippen molar-refractivity contribution in [3.63, 3.8) is 0 Å². The molecule has 0 aromatic heterocycles. The maximum absolute atomic E-state index is 11.1. The number of carboxylic acids is 1. The molecule has 0 saturated carbocycles. The smallest absolute Gasteiger partial charge is 0.331 e. The molecular weight excluding hydrogens is 220 g/mol. The summed E-state index contributed by atoms with van der Waals surface area (Å²) < 4.78 is 5.91. The molecule has 0 heterocycles. The highest BCUT2D eigenvalue weighted by molar-refractivity contribution is 6.74. The van der Waals surface area contributed by atoms with Crippen LogP contribution in [-0.2, 0) is 9.22 Å². The van der Waals surface area contributed by atoms with Crippen LogP contribution in [0.3, 0.4) is 0 Å². The Labute approximate surface area is 100 Å². The van der Waals surface area contributed by atoms with Gasteiger partial charge in [0.25, 0.3) is 0 Å². The first-order chi connectivity index (χ1) is 7.12. The zero-order chi connectivity index (χ0) is 13.0. The van der Waals surface area contributed by atoms with Crippen LogP contribution in [0.5, 0.6) is 0 Å². The molecule has 16 heavy (non-hydrogen) atoms. The highest BCUT2D eigenvalue weighted by atomic mass is 28.4. The number of aliphatic carboxylic acids is 1. The van der Waals surface area contributed by atoms with Gasteiger partial charge in [0.05, 0.1) is 0 Å². The van der Waals surface area contributed by atoms with E-state index in [9.17, 15) is 4.79 Å². The summed E-state index contributed by atoms with van der Waals surface area (Å²) in [5.74, 6) is -0.821. The number of rotatable bonds is 6. The average molecular weight is 246 g/mol. The van der Waals surface area contributed by atoms with E-state index in [1.54, 1.807) is 0 Å². The van der Waals surface area contributed by atoms with Gasteiger partial charge in [-0.1, -0.05) is 40.5 Å². The first-order valence-electron chi connectivity index (χ1n) is 6.02. The van der Waals surface area contributed by atoms with Gasteiger partial charge in [-0.25, -0.2) is 4.79 Å². The molecule has 3 nitrogen and oxygen atoms in total. The minimum Gasteiger partial charge on any atom is -0.479 e. The van der Waals surface area contributed by atoms with Crippen molar-refractivity contribution in [1.29, 1.82) is 0 Å². The quantitative estimate of drug-likeness (QED) is 0.728. The molecule has 4 heteroatoms. The predicted molar refractivity (Wildman–Crippen MR) is 69.2 cm³/mol. The summed E-state index contributed by atoms with van der Waals surface area (Å²) in [5, 5.41) is 9.19. The Kier molecular flexibility index (Phi) is 5.69. The Bertz CT molecular complexity index is 231. The van der Waals surface area contributed by atoms with Gasteiger partial charge in [-0.3, -0.25) is 0 Å². The summed E-state index contributed by atoms with van der Waals surface area (Å²) >= 11 is 0. The number of unbranched alkanes of at least 4 members (excludes halogenated alkanes) is 1. The van der Waals surface area contributed by atoms with E-state index in [4.69, 9.17) is 9.53 Å². The molecule has 1 N–H and O–H groups in total. The van der Waals surface area contributed by atoms with Gasteiger partial charge in [-0.2, -0.15) is 0 Å². The lowest BCUT2D eigenvalue weighted by Gasteiger charge is -2.38. The number of hydrogen-bond acceptors (Lipinski definition) is 2. The fraction of sp³-hybridized carbons (Fsp3) is 0.917. The normalized spacial score (nSPS) is 14.9. The highest BCUT2D eigenvalue weighted by Gasteiger charge is 2.40. The van der Waals surface area contributed by atoms with Crippen molar-refractivity contribution in [2.75, 3.05) is 0 Å². The molecule has 0 aliphatic heterocycles. The van der Waals surface area contributed by atoms with Crippen molar-refractivity contribution in [3.05, 3.63) is 0 Å². The topological polar surface area (TPSA) is 46.5 Å². The lowest BCUT2D eigenvalue weighted by molar-refractivity contribution is -0.146. The van der Waals surface area contributed by atoms with Crippen LogP contribution < -0.4 is 0 Å². The van der Waals surface area contributed by atoms with Gasteiger partial charge in [0.15, 0.2) is 8.32 Å². The van der Waals surface area contributed by atoms with Gasteiger partial charge >= 0.3 is 5.97 Å². The van der Waals surface area contributed by atoms with Crippen LogP contribution in [-0.4, -0.2) is 25.5 Å². The van der Waals surface area contributed by atoms with E-state index in [0.717, 1.165) is 12.8 Å². The van der Waals surface area contributed by atoms with E-state index in [2.05, 4.69) is 40.8 Å². The molecule has 0 aromatic rings. The molecule has 1 unspecified atom stereocenters. The number of hydrogen-bond donors (Lipinski definition) is 1. The van der Waals surface area contributed by atoms with Gasteiger partial charge in [-0.05, 0) is 24.6 Å². The zero-order valence-corrected chi connectivity index (χ0v) is 12.5. The Balaban J connectivity index is 4.56. The van der Waals surface area contributed by atoms with Crippen molar-refractivity contribution in [2.24, 2.45) is 0 Å². The Morgan fingerprint density at radius 2 is 1.88 bits per heavy atom. The van der Waals surface area contributed by atoms with E-state index in [1.807, 2.05) is 0 Å². The molecule has 0 saturated heterocycles. The first-order valence-corrected chi connectivity index (χ1v) is 8.93. The van der Waals surface area contributed by atoms with Gasteiger partial charge in [0, 0.05) is 0 Å². The molecule has 0 aromatic carbocycles. The van der Waals surface area contributed by atoms with Crippen LogP contribution in [0.15, 0.2) is 0 Å². The SMILES string of the molecule is CCCCC(O[Si](C)(C)C(C)(C)C)C(=O)O. The molecular formula is C12H26O3Si. The second kappa shape index (κ2) is 5.82. The Morgan fingerprint density at radius 3 is 2.19 bits per heavy atom. The predicted octanol–water partition coefficient (Wildman–Crippen LogP) is 3.65. The van der Waals surface area contributed by atoms with Crippen molar-refractivity contribution in [1.82, 2.24) is 0 Å². The van der Waals surface area contributed by atoms with Crippen molar-refractivity contribution >= 4 is 14.3 Å². The van der Waals surface area contributed by atoms with Crippen LogP contribution in [0, 0.1) is 0 Å². The van der Waals surface area contributed by atoms with Crippen molar-refractivity contribution in [2.45, 2.75) is 71.2 Å². The third-order valence-electron chi connectivity index (χ3n) is 3.34. The fourth-order valence-corrected chi connectivity index (χ4v) is 2.44. The van der Waals surface area contributed by atoms with Crippen LogP contribution in [0.25, 0.3) is 0 Å². The molecule has 0 fully saturated rings. The third-order valence-corrected chi connectivity index (χ3v) is 7.82. The second-order valence-electron chi connectivity index (χ2n) is 5.85. The zero-order valence-electron chi connectivity index (χ0n) is 11.5. The molecule has 0 rings (SSSR count). The molecule has 0 bridgehead atoms. The fourth-order valence-electron chi connectivity index (χ4n) is 1.15. The van der Waals surface area contributed by atoms with Gasteiger partial charge < -0.3 is 9.53 Å².